The van der Waals surface area contributed by atoms with Crippen molar-refractivity contribution in [1.29, 1.82) is 0 Å². The van der Waals surface area contributed by atoms with E-state index in [4.69, 9.17) is 18.3 Å². The molecule has 4 aromatic rings. The molecule has 8 nitrogen and oxygen atoms in total. The zero-order chi connectivity index (χ0) is 24.2. The van der Waals surface area contributed by atoms with Gasteiger partial charge in [-0.05, 0) is 54.2 Å². The second kappa shape index (κ2) is 10.5. The molecule has 0 amide bonds. The Hall–Kier alpha value is -3.02. The molecule has 0 aliphatic rings. The molecular weight excluding hydrogens is 592 g/mol. The summed E-state index contributed by atoms with van der Waals surface area (Å²) in [5.74, 6) is 1.10. The summed E-state index contributed by atoms with van der Waals surface area (Å²) in [6.07, 6.45) is 1.40. The molecule has 174 valence electrons. The first-order valence-corrected chi connectivity index (χ1v) is 12.0. The molecule has 2 heterocycles. The first-order chi connectivity index (χ1) is 16.4. The number of hydrogen-bond donors (Lipinski definition) is 1. The number of nitrogens with zero attached hydrogens (tertiary/aromatic N) is 2. The van der Waals surface area contributed by atoms with E-state index >= 15 is 0 Å². The summed E-state index contributed by atoms with van der Waals surface area (Å²) < 4.78 is 23.8. The Morgan fingerprint density at radius 3 is 2.41 bits per heavy atom. The molecule has 1 N–H and O–H groups in total. The predicted octanol–water partition coefficient (Wildman–Crippen LogP) is 6.76. The lowest BCUT2D eigenvalue weighted by Gasteiger charge is -2.05. The summed E-state index contributed by atoms with van der Waals surface area (Å²) in [5, 5.41) is 17.7. The number of benzene rings is 2. The first kappa shape index (κ1) is 24.1. The van der Waals surface area contributed by atoms with Crippen LogP contribution in [0.25, 0.3) is 28.9 Å². The quantitative estimate of drug-likeness (QED) is 0.172. The number of aliphatic carboxylic acids is 1. The Kier molecular flexibility index (Phi) is 7.44. The summed E-state index contributed by atoms with van der Waals surface area (Å²) in [4.78, 5) is 11.8. The van der Waals surface area contributed by atoms with Gasteiger partial charge in [0.05, 0.1) is 14.2 Å². The molecular formula is C23H16Br2N2O6S. The highest BCUT2D eigenvalue weighted by Crippen LogP contribution is 2.35. The van der Waals surface area contributed by atoms with Crippen LogP contribution in [0.15, 0.2) is 76.4 Å². The van der Waals surface area contributed by atoms with E-state index < -0.39 is 5.97 Å². The lowest BCUT2D eigenvalue weighted by atomic mass is 10.2. The minimum atomic E-state index is -1.16. The molecule has 0 saturated heterocycles. The van der Waals surface area contributed by atoms with E-state index in [0.29, 0.717) is 28.6 Å². The topological polar surface area (TPSA) is 108 Å². The molecule has 2 aromatic carbocycles. The number of carbonyl (C=O) groups is 1. The number of thioether (sulfide) groups is 1. The fourth-order valence-electron chi connectivity index (χ4n) is 2.92. The standard InChI is InChI=1S/C23H16Br2N2O6S/c1-30-15-7-12(8-16(10-15)31-2)21-26-27-23(33-21)34-20(22(28)29)11-14-4-6-19(32-14)17-9-13(24)3-5-18(17)25/h3-11H,1-2H3,(H,28,29)/b20-11+. The first-order valence-electron chi connectivity index (χ1n) is 9.61. The smallest absolute Gasteiger partial charge is 0.342 e. The average molecular weight is 608 g/mol. The van der Waals surface area contributed by atoms with Crippen molar-refractivity contribution in [2.45, 2.75) is 5.22 Å². The summed E-state index contributed by atoms with van der Waals surface area (Å²) in [6.45, 7) is 0. The van der Waals surface area contributed by atoms with Crippen LogP contribution in [0.4, 0.5) is 0 Å². The maximum Gasteiger partial charge on any atom is 0.342 e. The van der Waals surface area contributed by atoms with Crippen LogP contribution in [0, 0.1) is 0 Å². The lowest BCUT2D eigenvalue weighted by molar-refractivity contribution is -0.131. The molecule has 0 radical (unpaired) electrons. The van der Waals surface area contributed by atoms with Gasteiger partial charge in [0, 0.05) is 32.2 Å². The van der Waals surface area contributed by atoms with Gasteiger partial charge in [-0.3, -0.25) is 0 Å². The molecule has 0 fully saturated rings. The monoisotopic (exact) mass is 606 g/mol. The van der Waals surface area contributed by atoms with Gasteiger partial charge < -0.3 is 23.4 Å². The van der Waals surface area contributed by atoms with Gasteiger partial charge in [-0.2, -0.15) is 0 Å². The van der Waals surface area contributed by atoms with Gasteiger partial charge in [0.2, 0.25) is 5.89 Å². The van der Waals surface area contributed by atoms with Gasteiger partial charge in [0.25, 0.3) is 5.22 Å². The molecule has 0 unspecified atom stereocenters. The van der Waals surface area contributed by atoms with Gasteiger partial charge in [-0.1, -0.05) is 31.9 Å². The van der Waals surface area contributed by atoms with E-state index in [1.165, 1.54) is 20.3 Å². The van der Waals surface area contributed by atoms with Crippen LogP contribution < -0.4 is 9.47 Å². The number of rotatable bonds is 8. The van der Waals surface area contributed by atoms with Crippen LogP contribution in [-0.4, -0.2) is 35.5 Å². The van der Waals surface area contributed by atoms with Crippen molar-refractivity contribution < 1.29 is 28.2 Å². The number of carboxylic acid groups (broad SMARTS) is 1. The molecule has 34 heavy (non-hydrogen) atoms. The van der Waals surface area contributed by atoms with Crippen molar-refractivity contribution in [3.63, 3.8) is 0 Å². The fraction of sp³-hybridized carbons (Fsp3) is 0.0870. The second-order valence-electron chi connectivity index (χ2n) is 6.72. The maximum atomic E-state index is 11.9. The van der Waals surface area contributed by atoms with Crippen LogP contribution >= 0.6 is 43.6 Å². The van der Waals surface area contributed by atoms with Crippen molar-refractivity contribution >= 4 is 55.7 Å². The van der Waals surface area contributed by atoms with Gasteiger partial charge in [-0.25, -0.2) is 4.79 Å². The Balaban J connectivity index is 1.59. The largest absolute Gasteiger partial charge is 0.497 e. The van der Waals surface area contributed by atoms with Crippen molar-refractivity contribution in [1.82, 2.24) is 10.2 Å². The zero-order valence-corrected chi connectivity index (χ0v) is 21.7. The third-order valence-corrected chi connectivity index (χ3v) is 6.54. The second-order valence-corrected chi connectivity index (χ2v) is 9.48. The maximum absolute atomic E-state index is 11.9. The molecule has 0 atom stereocenters. The lowest BCUT2D eigenvalue weighted by Crippen LogP contribution is -1.96. The summed E-state index contributed by atoms with van der Waals surface area (Å²) >= 11 is 7.76. The Morgan fingerprint density at radius 2 is 1.74 bits per heavy atom. The van der Waals surface area contributed by atoms with Gasteiger partial charge in [0.15, 0.2) is 0 Å². The molecule has 0 saturated carbocycles. The van der Waals surface area contributed by atoms with E-state index in [0.717, 1.165) is 26.3 Å². The number of ether oxygens (including phenoxy) is 2. The Labute approximate surface area is 215 Å². The van der Waals surface area contributed by atoms with Crippen LogP contribution in [0.1, 0.15) is 5.76 Å². The molecule has 0 aliphatic heterocycles. The van der Waals surface area contributed by atoms with Crippen LogP contribution in [0.2, 0.25) is 0 Å². The van der Waals surface area contributed by atoms with E-state index in [-0.39, 0.29) is 16.0 Å². The van der Waals surface area contributed by atoms with Crippen molar-refractivity contribution in [3.05, 3.63) is 68.1 Å². The van der Waals surface area contributed by atoms with Crippen LogP contribution in [0.5, 0.6) is 11.5 Å². The van der Waals surface area contributed by atoms with E-state index in [2.05, 4.69) is 42.1 Å². The fourth-order valence-corrected chi connectivity index (χ4v) is 4.37. The minimum absolute atomic E-state index is 0.0485. The zero-order valence-electron chi connectivity index (χ0n) is 17.7. The molecule has 4 rings (SSSR count). The summed E-state index contributed by atoms with van der Waals surface area (Å²) in [5.41, 5.74) is 1.40. The van der Waals surface area contributed by atoms with Gasteiger partial charge >= 0.3 is 5.97 Å². The van der Waals surface area contributed by atoms with Crippen LogP contribution in [-0.2, 0) is 4.79 Å². The number of aromatic nitrogens is 2. The van der Waals surface area contributed by atoms with E-state index in [9.17, 15) is 9.90 Å². The Bertz CT molecular complexity index is 1360. The average Bonchev–Trinajstić information content (AvgIpc) is 3.49. The molecule has 0 bridgehead atoms. The van der Waals surface area contributed by atoms with Crippen molar-refractivity contribution in [2.75, 3.05) is 14.2 Å². The number of halogens is 2. The summed E-state index contributed by atoms with van der Waals surface area (Å²) in [7, 11) is 3.07. The summed E-state index contributed by atoms with van der Waals surface area (Å²) in [6, 6.07) is 14.3. The Morgan fingerprint density at radius 1 is 1.00 bits per heavy atom. The molecule has 2 aromatic heterocycles. The van der Waals surface area contributed by atoms with Crippen molar-refractivity contribution in [3.8, 4) is 34.3 Å². The van der Waals surface area contributed by atoms with Crippen LogP contribution in [0.3, 0.4) is 0 Å². The third kappa shape index (κ3) is 5.54. The molecule has 11 heteroatoms. The normalized spacial score (nSPS) is 11.5. The van der Waals surface area contributed by atoms with E-state index in [1.807, 2.05) is 18.2 Å². The van der Waals surface area contributed by atoms with Gasteiger partial charge in [0.1, 0.15) is 27.9 Å². The highest BCUT2D eigenvalue weighted by molar-refractivity contribution is 9.11. The van der Waals surface area contributed by atoms with E-state index in [1.54, 1.807) is 30.3 Å². The third-order valence-electron chi connectivity index (χ3n) is 4.51. The van der Waals surface area contributed by atoms with Crippen molar-refractivity contribution in [2.24, 2.45) is 0 Å². The molecule has 0 aliphatic carbocycles. The highest BCUT2D eigenvalue weighted by atomic mass is 79.9. The number of hydrogen-bond acceptors (Lipinski definition) is 8. The number of methoxy groups -OCH3 is 2. The highest BCUT2D eigenvalue weighted by Gasteiger charge is 2.18. The minimum Gasteiger partial charge on any atom is -0.497 e. The SMILES string of the molecule is COc1cc(OC)cc(-c2nnc(S/C(=C/c3ccc(-c4cc(Br)ccc4Br)o3)C(=O)O)o2)c1. The van der Waals surface area contributed by atoms with Gasteiger partial charge in [-0.15, -0.1) is 10.2 Å². The number of carboxylic acids is 1. The number of furan rings is 1. The molecule has 0 spiro atoms. The predicted molar refractivity (Wildman–Crippen MR) is 134 cm³/mol.